The number of carbonyl (C=O) groups is 2. The minimum atomic E-state index is -0.673. The Morgan fingerprint density at radius 3 is 2.44 bits per heavy atom. The van der Waals surface area contributed by atoms with Crippen molar-refractivity contribution in [3.63, 3.8) is 0 Å². The van der Waals surface area contributed by atoms with Crippen LogP contribution in [0.4, 0.5) is 0 Å². The van der Waals surface area contributed by atoms with Gasteiger partial charge in [0.1, 0.15) is 0 Å². The number of esters is 1. The average molecular weight is 412 g/mol. The number of carbonyl (C=O) groups excluding carboxylic acids is 2. The Balaban J connectivity index is 1.78. The zero-order valence-electron chi connectivity index (χ0n) is 14.8. The van der Waals surface area contributed by atoms with Gasteiger partial charge in [-0.2, -0.15) is 0 Å². The van der Waals surface area contributed by atoms with Gasteiger partial charge in [0.15, 0.2) is 24.7 Å². The number of nitrogens with one attached hydrogen (secondary N) is 1. The van der Waals surface area contributed by atoms with Gasteiger partial charge in [-0.3, -0.25) is 4.79 Å². The van der Waals surface area contributed by atoms with Crippen molar-refractivity contribution in [3.05, 3.63) is 58.1 Å². The highest BCUT2D eigenvalue weighted by Crippen LogP contribution is 2.26. The van der Waals surface area contributed by atoms with Gasteiger partial charge in [0.2, 0.25) is 0 Å². The number of halogens is 2. The average Bonchev–Trinajstić information content (AvgIpc) is 2.64. The van der Waals surface area contributed by atoms with E-state index in [9.17, 15) is 9.59 Å². The van der Waals surface area contributed by atoms with Gasteiger partial charge in [-0.05, 0) is 36.8 Å². The van der Waals surface area contributed by atoms with Gasteiger partial charge >= 0.3 is 5.97 Å². The molecular formula is C19H19Cl2NO5. The first kappa shape index (κ1) is 20.9. The molecule has 0 saturated heterocycles. The van der Waals surface area contributed by atoms with Crippen molar-refractivity contribution in [2.75, 3.05) is 20.3 Å². The van der Waals surface area contributed by atoms with E-state index in [1.807, 2.05) is 0 Å². The highest BCUT2D eigenvalue weighted by molar-refractivity contribution is 6.35. The van der Waals surface area contributed by atoms with Gasteiger partial charge in [0.05, 0.1) is 13.2 Å². The van der Waals surface area contributed by atoms with Crippen LogP contribution in [0, 0.1) is 0 Å². The summed E-state index contributed by atoms with van der Waals surface area (Å²) in [6.07, 6.45) is 0. The first-order chi connectivity index (χ1) is 12.9. The van der Waals surface area contributed by atoms with Crippen LogP contribution in [0.5, 0.6) is 11.5 Å². The summed E-state index contributed by atoms with van der Waals surface area (Å²) in [6.45, 7) is 0.996. The number of hydrogen-bond donors (Lipinski definition) is 1. The second-order valence-electron chi connectivity index (χ2n) is 5.56. The molecule has 0 heterocycles. The van der Waals surface area contributed by atoms with E-state index in [1.165, 1.54) is 7.11 Å². The smallest absolute Gasteiger partial charge is 0.344 e. The Hall–Kier alpha value is -2.44. The lowest BCUT2D eigenvalue weighted by molar-refractivity contribution is -0.150. The minimum absolute atomic E-state index is 0.341. The van der Waals surface area contributed by atoms with Crippen LogP contribution in [0.15, 0.2) is 42.5 Å². The van der Waals surface area contributed by atoms with Gasteiger partial charge in [0, 0.05) is 10.0 Å². The second-order valence-corrected chi connectivity index (χ2v) is 6.40. The second kappa shape index (κ2) is 10.0. The molecule has 6 nitrogen and oxygen atoms in total. The Kier molecular flexibility index (Phi) is 7.76. The molecule has 0 radical (unpaired) electrons. The molecule has 1 amide bonds. The Morgan fingerprint density at radius 1 is 1.07 bits per heavy atom. The lowest BCUT2D eigenvalue weighted by Crippen LogP contribution is -2.32. The van der Waals surface area contributed by atoms with Crippen LogP contribution in [-0.4, -0.2) is 32.2 Å². The van der Waals surface area contributed by atoms with Crippen molar-refractivity contribution < 1.29 is 23.8 Å². The molecule has 0 aliphatic heterocycles. The number of ether oxygens (including phenoxy) is 3. The van der Waals surface area contributed by atoms with Crippen molar-refractivity contribution in [1.29, 1.82) is 0 Å². The lowest BCUT2D eigenvalue weighted by atomic mass is 10.1. The quantitative estimate of drug-likeness (QED) is 0.668. The highest BCUT2D eigenvalue weighted by atomic mass is 35.5. The van der Waals surface area contributed by atoms with Crippen LogP contribution >= 0.6 is 23.2 Å². The van der Waals surface area contributed by atoms with Crippen LogP contribution in [0.25, 0.3) is 0 Å². The predicted octanol–water partition coefficient (Wildman–Crippen LogP) is 3.80. The summed E-state index contributed by atoms with van der Waals surface area (Å²) < 4.78 is 15.4. The molecule has 0 saturated carbocycles. The lowest BCUT2D eigenvalue weighted by Gasteiger charge is -2.16. The van der Waals surface area contributed by atoms with E-state index in [0.29, 0.717) is 27.1 Å². The molecule has 8 heteroatoms. The van der Waals surface area contributed by atoms with Crippen molar-refractivity contribution >= 4 is 35.1 Å². The van der Waals surface area contributed by atoms with E-state index >= 15 is 0 Å². The molecule has 1 atom stereocenters. The zero-order valence-corrected chi connectivity index (χ0v) is 16.3. The Bertz CT molecular complexity index is 812. The molecule has 2 rings (SSSR count). The molecule has 0 bridgehead atoms. The van der Waals surface area contributed by atoms with Crippen molar-refractivity contribution in [3.8, 4) is 11.5 Å². The van der Waals surface area contributed by atoms with Gasteiger partial charge < -0.3 is 19.5 Å². The third-order valence-electron chi connectivity index (χ3n) is 3.59. The molecular weight excluding hydrogens is 393 g/mol. The molecule has 0 aliphatic rings. The van der Waals surface area contributed by atoms with Crippen LogP contribution in [-0.2, 0) is 14.3 Å². The molecule has 2 aromatic carbocycles. The van der Waals surface area contributed by atoms with Crippen LogP contribution in [0.2, 0.25) is 10.0 Å². The van der Waals surface area contributed by atoms with Gasteiger partial charge in [0.25, 0.3) is 5.91 Å². The first-order valence-corrected chi connectivity index (χ1v) is 8.82. The number of para-hydroxylation sites is 2. The predicted molar refractivity (Wildman–Crippen MR) is 102 cm³/mol. The summed E-state index contributed by atoms with van der Waals surface area (Å²) in [5.74, 6) is -0.225. The number of rotatable bonds is 8. The molecule has 1 N–H and O–H groups in total. The summed E-state index contributed by atoms with van der Waals surface area (Å²) in [5.41, 5.74) is 0.709. The number of hydrogen-bond acceptors (Lipinski definition) is 5. The van der Waals surface area contributed by atoms with Crippen LogP contribution in [0.3, 0.4) is 0 Å². The fourth-order valence-corrected chi connectivity index (χ4v) is 2.85. The maximum absolute atomic E-state index is 12.0. The summed E-state index contributed by atoms with van der Waals surface area (Å²) >= 11 is 12.0. The van der Waals surface area contributed by atoms with Gasteiger partial charge in [-0.1, -0.05) is 41.4 Å². The van der Waals surface area contributed by atoms with Crippen molar-refractivity contribution in [2.45, 2.75) is 13.0 Å². The summed E-state index contributed by atoms with van der Waals surface area (Å²) in [4.78, 5) is 23.7. The molecule has 27 heavy (non-hydrogen) atoms. The number of methoxy groups -OCH3 is 1. The topological polar surface area (TPSA) is 73.9 Å². The molecule has 144 valence electrons. The molecule has 2 aromatic rings. The Labute approximate surface area is 167 Å². The normalized spacial score (nSPS) is 11.4. The summed E-state index contributed by atoms with van der Waals surface area (Å²) in [6, 6.07) is 11.5. The van der Waals surface area contributed by atoms with E-state index in [4.69, 9.17) is 37.4 Å². The summed E-state index contributed by atoms with van der Waals surface area (Å²) in [7, 11) is 1.50. The first-order valence-electron chi connectivity index (χ1n) is 8.06. The van der Waals surface area contributed by atoms with E-state index in [1.54, 1.807) is 49.4 Å². The maximum atomic E-state index is 12.0. The van der Waals surface area contributed by atoms with Gasteiger partial charge in [-0.25, -0.2) is 4.79 Å². The standard InChI is InChI=1S/C19H19Cl2NO5/c1-12(14-8-7-13(20)9-15(14)21)22-18(23)10-27-19(24)11-26-17-6-4-3-5-16(17)25-2/h3-9,12H,10-11H2,1-2H3,(H,22,23)/t12-/m1/s1. The highest BCUT2D eigenvalue weighted by Gasteiger charge is 2.15. The molecule has 0 aromatic heterocycles. The summed E-state index contributed by atoms with van der Waals surface area (Å²) in [5, 5.41) is 3.65. The molecule has 0 aliphatic carbocycles. The number of amides is 1. The zero-order chi connectivity index (χ0) is 19.8. The fourth-order valence-electron chi connectivity index (χ4n) is 2.28. The minimum Gasteiger partial charge on any atom is -0.493 e. The van der Waals surface area contributed by atoms with Crippen LogP contribution < -0.4 is 14.8 Å². The monoisotopic (exact) mass is 411 g/mol. The third-order valence-corrected chi connectivity index (χ3v) is 4.15. The van der Waals surface area contributed by atoms with Crippen LogP contribution in [0.1, 0.15) is 18.5 Å². The molecule has 0 unspecified atom stereocenters. The number of benzene rings is 2. The molecule has 0 fully saturated rings. The Morgan fingerprint density at radius 2 is 1.78 bits per heavy atom. The van der Waals surface area contributed by atoms with Crippen molar-refractivity contribution in [1.82, 2.24) is 5.32 Å². The SMILES string of the molecule is COc1ccccc1OCC(=O)OCC(=O)N[C@H](C)c1ccc(Cl)cc1Cl. The van der Waals surface area contributed by atoms with Crippen molar-refractivity contribution in [2.24, 2.45) is 0 Å². The van der Waals surface area contributed by atoms with E-state index in [2.05, 4.69) is 5.32 Å². The molecule has 0 spiro atoms. The van der Waals surface area contributed by atoms with E-state index < -0.39 is 18.5 Å². The van der Waals surface area contributed by atoms with E-state index in [-0.39, 0.29) is 12.6 Å². The largest absolute Gasteiger partial charge is 0.493 e. The fraction of sp³-hybridized carbons (Fsp3) is 0.263. The maximum Gasteiger partial charge on any atom is 0.344 e. The third kappa shape index (κ3) is 6.34. The van der Waals surface area contributed by atoms with E-state index in [0.717, 1.165) is 0 Å². The van der Waals surface area contributed by atoms with Gasteiger partial charge in [-0.15, -0.1) is 0 Å².